The lowest BCUT2D eigenvalue weighted by molar-refractivity contribution is -0.143. The third-order valence-corrected chi connectivity index (χ3v) is 2.75. The van der Waals surface area contributed by atoms with Crippen LogP contribution in [0.15, 0.2) is 0 Å². The molecule has 76 valence electrons. The minimum atomic E-state index is -0.000182. The van der Waals surface area contributed by atoms with E-state index in [1.807, 2.05) is 0 Å². The Balaban J connectivity index is 2.45. The lowest BCUT2D eigenvalue weighted by Gasteiger charge is -2.20. The van der Waals surface area contributed by atoms with Crippen molar-refractivity contribution in [2.45, 2.75) is 52.6 Å². The van der Waals surface area contributed by atoms with Gasteiger partial charge in [-0.15, -0.1) is 0 Å². The molecular weight excluding hydrogens is 164 g/mol. The maximum absolute atomic E-state index is 11.1. The van der Waals surface area contributed by atoms with Gasteiger partial charge in [0, 0.05) is 5.92 Å². The first-order valence-corrected chi connectivity index (χ1v) is 5.34. The lowest BCUT2D eigenvalue weighted by atomic mass is 9.89. The first kappa shape index (κ1) is 10.6. The molecule has 13 heavy (non-hydrogen) atoms. The molecule has 2 nitrogen and oxygen atoms in total. The lowest BCUT2D eigenvalue weighted by Crippen LogP contribution is -2.22. The zero-order valence-corrected chi connectivity index (χ0v) is 8.88. The van der Waals surface area contributed by atoms with Gasteiger partial charge in [0.1, 0.15) is 6.10 Å². The van der Waals surface area contributed by atoms with Crippen molar-refractivity contribution in [1.82, 2.24) is 0 Å². The van der Waals surface area contributed by atoms with Gasteiger partial charge < -0.3 is 4.74 Å². The summed E-state index contributed by atoms with van der Waals surface area (Å²) in [7, 11) is 0. The first-order valence-electron chi connectivity index (χ1n) is 5.34. The Labute approximate surface area is 80.7 Å². The number of esters is 1. The number of cyclic esters (lactones) is 1. The summed E-state index contributed by atoms with van der Waals surface area (Å²) in [5, 5.41) is 0. The normalized spacial score (nSPS) is 28.2. The molecule has 0 spiro atoms. The van der Waals surface area contributed by atoms with Crippen LogP contribution >= 0.6 is 0 Å². The summed E-state index contributed by atoms with van der Waals surface area (Å²) in [5.74, 6) is 0.945. The smallest absolute Gasteiger partial charge is 0.306 e. The fourth-order valence-corrected chi connectivity index (χ4v) is 2.04. The predicted octanol–water partition coefficient (Wildman–Crippen LogP) is 2.76. The van der Waals surface area contributed by atoms with Crippen molar-refractivity contribution >= 4 is 5.97 Å². The van der Waals surface area contributed by atoms with E-state index in [-0.39, 0.29) is 12.1 Å². The fourth-order valence-electron chi connectivity index (χ4n) is 2.04. The number of rotatable bonds is 4. The van der Waals surface area contributed by atoms with Crippen molar-refractivity contribution in [3.63, 3.8) is 0 Å². The highest BCUT2D eigenvalue weighted by Gasteiger charge is 2.35. The maximum Gasteiger partial charge on any atom is 0.306 e. The average Bonchev–Trinajstić information content (AvgIpc) is 2.43. The van der Waals surface area contributed by atoms with Gasteiger partial charge in [0.15, 0.2) is 0 Å². The molecule has 1 fully saturated rings. The second kappa shape index (κ2) is 4.64. The van der Waals surface area contributed by atoms with Gasteiger partial charge in [-0.1, -0.05) is 33.6 Å². The molecule has 1 aliphatic rings. The third kappa shape index (κ3) is 2.71. The van der Waals surface area contributed by atoms with Crippen LogP contribution in [-0.4, -0.2) is 12.1 Å². The molecule has 0 aromatic carbocycles. The zero-order valence-electron chi connectivity index (χ0n) is 8.88. The number of unbranched alkanes of at least 4 members (excludes halogenated alkanes) is 1. The molecule has 0 unspecified atom stereocenters. The fraction of sp³-hybridized carbons (Fsp3) is 0.909. The summed E-state index contributed by atoms with van der Waals surface area (Å²) in [5.41, 5.74) is 0. The summed E-state index contributed by atoms with van der Waals surface area (Å²) in [6.07, 6.45) is 4.38. The van der Waals surface area contributed by atoms with Gasteiger partial charge in [-0.05, 0) is 12.3 Å². The Morgan fingerprint density at radius 3 is 2.77 bits per heavy atom. The Kier molecular flexibility index (Phi) is 3.76. The molecule has 0 aromatic rings. The van der Waals surface area contributed by atoms with Gasteiger partial charge in [0.2, 0.25) is 0 Å². The van der Waals surface area contributed by atoms with Crippen molar-refractivity contribution in [3.8, 4) is 0 Å². The van der Waals surface area contributed by atoms with Crippen LogP contribution < -0.4 is 0 Å². The van der Waals surface area contributed by atoms with Crippen molar-refractivity contribution < 1.29 is 9.53 Å². The van der Waals surface area contributed by atoms with Crippen molar-refractivity contribution in [3.05, 3.63) is 0 Å². The van der Waals surface area contributed by atoms with Gasteiger partial charge in [0.25, 0.3) is 0 Å². The Hall–Kier alpha value is -0.530. The highest BCUT2D eigenvalue weighted by Crippen LogP contribution is 2.31. The number of hydrogen-bond donors (Lipinski definition) is 0. The first-order chi connectivity index (χ1) is 6.15. The van der Waals surface area contributed by atoms with Crippen LogP contribution in [0.2, 0.25) is 0 Å². The summed E-state index contributed by atoms with van der Waals surface area (Å²) in [6, 6.07) is 0. The molecule has 1 aliphatic heterocycles. The predicted molar refractivity (Wildman–Crippen MR) is 52.4 cm³/mol. The molecule has 0 aromatic heterocycles. The average molecular weight is 184 g/mol. The van der Waals surface area contributed by atoms with E-state index in [4.69, 9.17) is 4.74 Å². The van der Waals surface area contributed by atoms with Gasteiger partial charge in [-0.3, -0.25) is 4.79 Å². The Morgan fingerprint density at radius 1 is 1.54 bits per heavy atom. The second-order valence-corrected chi connectivity index (χ2v) is 4.30. The SMILES string of the molecule is CCCC[C@@H]1CC(=O)O[C@H]1C(C)C. The van der Waals surface area contributed by atoms with E-state index in [9.17, 15) is 4.79 Å². The molecule has 0 N–H and O–H groups in total. The second-order valence-electron chi connectivity index (χ2n) is 4.30. The van der Waals surface area contributed by atoms with E-state index in [0.29, 0.717) is 18.3 Å². The van der Waals surface area contributed by atoms with E-state index in [2.05, 4.69) is 20.8 Å². The van der Waals surface area contributed by atoms with E-state index >= 15 is 0 Å². The van der Waals surface area contributed by atoms with Gasteiger partial charge in [-0.25, -0.2) is 0 Å². The summed E-state index contributed by atoms with van der Waals surface area (Å²) < 4.78 is 5.29. The standard InChI is InChI=1S/C11H20O2/c1-4-5-6-9-7-10(12)13-11(9)8(2)3/h8-9,11H,4-7H2,1-3H3/t9-,11+/m1/s1. The maximum atomic E-state index is 11.1. The van der Waals surface area contributed by atoms with Crippen LogP contribution in [0.3, 0.4) is 0 Å². The van der Waals surface area contributed by atoms with Gasteiger partial charge in [-0.2, -0.15) is 0 Å². The quantitative estimate of drug-likeness (QED) is 0.628. The highest BCUT2D eigenvalue weighted by atomic mass is 16.6. The topological polar surface area (TPSA) is 26.3 Å². The minimum absolute atomic E-state index is 0.000182. The molecule has 1 saturated heterocycles. The van der Waals surface area contributed by atoms with Crippen LogP contribution in [0.5, 0.6) is 0 Å². The molecule has 1 heterocycles. The zero-order chi connectivity index (χ0) is 9.84. The van der Waals surface area contributed by atoms with Crippen LogP contribution in [0, 0.1) is 11.8 Å². The van der Waals surface area contributed by atoms with Crippen LogP contribution in [-0.2, 0) is 9.53 Å². The number of carbonyl (C=O) groups is 1. The summed E-state index contributed by atoms with van der Waals surface area (Å²) in [4.78, 5) is 11.1. The number of carbonyl (C=O) groups excluding carboxylic acids is 1. The third-order valence-electron chi connectivity index (χ3n) is 2.75. The largest absolute Gasteiger partial charge is 0.462 e. The molecule has 1 rings (SSSR count). The van der Waals surface area contributed by atoms with Crippen LogP contribution in [0.25, 0.3) is 0 Å². The summed E-state index contributed by atoms with van der Waals surface area (Å²) >= 11 is 0. The monoisotopic (exact) mass is 184 g/mol. The molecule has 0 radical (unpaired) electrons. The van der Waals surface area contributed by atoms with Gasteiger partial charge in [0.05, 0.1) is 6.42 Å². The molecule has 0 aliphatic carbocycles. The highest BCUT2D eigenvalue weighted by molar-refractivity contribution is 5.72. The molecule has 2 atom stereocenters. The molecular formula is C11H20O2. The van der Waals surface area contributed by atoms with E-state index < -0.39 is 0 Å². The van der Waals surface area contributed by atoms with E-state index in [0.717, 1.165) is 6.42 Å². The molecule has 0 bridgehead atoms. The van der Waals surface area contributed by atoms with E-state index in [1.165, 1.54) is 12.8 Å². The molecule has 0 saturated carbocycles. The Bertz CT molecular complexity index is 175. The molecule has 0 amide bonds. The summed E-state index contributed by atoms with van der Waals surface area (Å²) in [6.45, 7) is 6.44. The van der Waals surface area contributed by atoms with Crippen LogP contribution in [0.1, 0.15) is 46.5 Å². The molecule has 2 heteroatoms. The van der Waals surface area contributed by atoms with Crippen LogP contribution in [0.4, 0.5) is 0 Å². The Morgan fingerprint density at radius 2 is 2.23 bits per heavy atom. The van der Waals surface area contributed by atoms with E-state index in [1.54, 1.807) is 0 Å². The number of ether oxygens (including phenoxy) is 1. The minimum Gasteiger partial charge on any atom is -0.462 e. The van der Waals surface area contributed by atoms with Crippen molar-refractivity contribution in [2.24, 2.45) is 11.8 Å². The van der Waals surface area contributed by atoms with Crippen molar-refractivity contribution in [2.75, 3.05) is 0 Å². The number of hydrogen-bond acceptors (Lipinski definition) is 2. The van der Waals surface area contributed by atoms with Gasteiger partial charge >= 0.3 is 5.97 Å². The van der Waals surface area contributed by atoms with Crippen molar-refractivity contribution in [1.29, 1.82) is 0 Å².